The summed E-state index contributed by atoms with van der Waals surface area (Å²) in [4.78, 5) is 14.1. The van der Waals surface area contributed by atoms with Gasteiger partial charge in [-0.3, -0.25) is 4.79 Å². The number of hydrogen-bond acceptors (Lipinski definition) is 3. The van der Waals surface area contributed by atoms with Gasteiger partial charge in [0.15, 0.2) is 0 Å². The van der Waals surface area contributed by atoms with Crippen LogP contribution in [0.15, 0.2) is 24.3 Å². The molecule has 1 heterocycles. The Morgan fingerprint density at radius 2 is 1.94 bits per heavy atom. The van der Waals surface area contributed by atoms with E-state index in [1.807, 2.05) is 0 Å². The minimum Gasteiger partial charge on any atom is -0.389 e. The molecule has 0 saturated carbocycles. The van der Waals surface area contributed by atoms with Crippen LogP contribution >= 0.6 is 12.2 Å². The van der Waals surface area contributed by atoms with Crippen LogP contribution in [0.25, 0.3) is 0 Å². The Balaban J connectivity index is 2.12. The highest BCUT2D eigenvalue weighted by Crippen LogP contribution is 2.22. The van der Waals surface area contributed by atoms with E-state index >= 15 is 0 Å². The third-order valence-corrected chi connectivity index (χ3v) is 3.39. The van der Waals surface area contributed by atoms with E-state index in [9.17, 15) is 9.90 Å². The lowest BCUT2D eigenvalue weighted by Crippen LogP contribution is -2.33. The van der Waals surface area contributed by atoms with E-state index in [1.54, 1.807) is 36.1 Å². The van der Waals surface area contributed by atoms with Crippen molar-refractivity contribution in [1.82, 2.24) is 4.90 Å². The Hall–Kier alpha value is -1.46. The van der Waals surface area contributed by atoms with Gasteiger partial charge in [-0.2, -0.15) is 0 Å². The Kier molecular flexibility index (Phi) is 3.36. The van der Waals surface area contributed by atoms with E-state index in [2.05, 4.69) is 0 Å². The van der Waals surface area contributed by atoms with Gasteiger partial charge in [-0.25, -0.2) is 0 Å². The molecule has 1 unspecified atom stereocenters. The number of likely N-dealkylation sites (tertiary alicyclic amines) is 1. The first-order valence-electron chi connectivity index (χ1n) is 5.81. The molecular weight excluding hydrogens is 248 g/mol. The van der Waals surface area contributed by atoms with Gasteiger partial charge in [0.05, 0.1) is 5.60 Å². The fraction of sp³-hybridized carbons (Fsp3) is 0.385. The summed E-state index contributed by atoms with van der Waals surface area (Å²) in [6, 6.07) is 6.90. The molecule has 1 amide bonds. The lowest BCUT2D eigenvalue weighted by molar-refractivity contribution is 0.0572. The quantitative estimate of drug-likeness (QED) is 0.779. The van der Waals surface area contributed by atoms with Crippen molar-refractivity contribution in [3.63, 3.8) is 0 Å². The number of benzene rings is 1. The summed E-state index contributed by atoms with van der Waals surface area (Å²) >= 11 is 4.86. The summed E-state index contributed by atoms with van der Waals surface area (Å²) in [7, 11) is 0. The molecular formula is C13H16N2O2S. The fourth-order valence-electron chi connectivity index (χ4n) is 2.08. The van der Waals surface area contributed by atoms with Gasteiger partial charge in [0.25, 0.3) is 5.91 Å². The molecule has 3 N–H and O–H groups in total. The zero-order valence-corrected chi connectivity index (χ0v) is 11.0. The van der Waals surface area contributed by atoms with Crippen LogP contribution in [0, 0.1) is 0 Å². The predicted molar refractivity (Wildman–Crippen MR) is 73.5 cm³/mol. The van der Waals surface area contributed by atoms with Crippen molar-refractivity contribution in [2.24, 2.45) is 5.73 Å². The van der Waals surface area contributed by atoms with Crippen LogP contribution in [-0.2, 0) is 0 Å². The summed E-state index contributed by atoms with van der Waals surface area (Å²) in [5.41, 5.74) is 6.07. The number of rotatable bonds is 2. The Bertz CT molecular complexity index is 482. The average Bonchev–Trinajstić information content (AvgIpc) is 2.69. The zero-order chi connectivity index (χ0) is 13.3. The number of nitrogens with two attached hydrogens (primary N) is 1. The van der Waals surface area contributed by atoms with Crippen LogP contribution in [0.3, 0.4) is 0 Å². The summed E-state index contributed by atoms with van der Waals surface area (Å²) in [6.07, 6.45) is 0.615. The number of amides is 1. The molecule has 1 saturated heterocycles. The normalized spacial score (nSPS) is 23.1. The van der Waals surface area contributed by atoms with Crippen LogP contribution < -0.4 is 5.73 Å². The second kappa shape index (κ2) is 4.66. The first kappa shape index (κ1) is 13.0. The summed E-state index contributed by atoms with van der Waals surface area (Å²) in [5.74, 6) is -0.0673. The first-order valence-corrected chi connectivity index (χ1v) is 6.21. The number of thiocarbonyl (C=S) groups is 1. The smallest absolute Gasteiger partial charge is 0.253 e. The molecule has 0 radical (unpaired) electrons. The maximum Gasteiger partial charge on any atom is 0.253 e. The molecule has 18 heavy (non-hydrogen) atoms. The minimum atomic E-state index is -0.769. The molecule has 1 fully saturated rings. The second-order valence-electron chi connectivity index (χ2n) is 4.92. The molecule has 1 aliphatic rings. The van der Waals surface area contributed by atoms with E-state index in [1.165, 1.54) is 0 Å². The standard InChI is InChI=1S/C13H16N2O2S/c1-13(17)6-7-15(8-13)12(16)10-4-2-9(3-5-10)11(14)18/h2-5,17H,6-8H2,1H3,(H2,14,18). The number of nitrogens with zero attached hydrogens (tertiary/aromatic N) is 1. The van der Waals surface area contributed by atoms with Gasteiger partial charge in [0.2, 0.25) is 0 Å². The SMILES string of the molecule is CC1(O)CCN(C(=O)c2ccc(C(N)=S)cc2)C1. The number of aliphatic hydroxyl groups is 1. The lowest BCUT2D eigenvalue weighted by Gasteiger charge is -2.19. The number of carbonyl (C=O) groups is 1. The van der Waals surface area contributed by atoms with Crippen molar-refractivity contribution in [2.45, 2.75) is 18.9 Å². The molecule has 1 atom stereocenters. The van der Waals surface area contributed by atoms with Gasteiger partial charge in [-0.15, -0.1) is 0 Å². The van der Waals surface area contributed by atoms with Crippen molar-refractivity contribution in [2.75, 3.05) is 13.1 Å². The summed E-state index contributed by atoms with van der Waals surface area (Å²) in [5, 5.41) is 9.85. The van der Waals surface area contributed by atoms with Crippen LogP contribution in [0.1, 0.15) is 29.3 Å². The lowest BCUT2D eigenvalue weighted by atomic mass is 10.1. The molecule has 4 nitrogen and oxygen atoms in total. The fourth-order valence-corrected chi connectivity index (χ4v) is 2.21. The minimum absolute atomic E-state index is 0.0673. The highest BCUT2D eigenvalue weighted by atomic mass is 32.1. The molecule has 0 aliphatic carbocycles. The molecule has 0 bridgehead atoms. The van der Waals surface area contributed by atoms with Crippen LogP contribution in [0.5, 0.6) is 0 Å². The van der Waals surface area contributed by atoms with Gasteiger partial charge in [0, 0.05) is 24.2 Å². The monoisotopic (exact) mass is 264 g/mol. The van der Waals surface area contributed by atoms with Crippen molar-refractivity contribution in [3.05, 3.63) is 35.4 Å². The first-order chi connectivity index (χ1) is 8.39. The molecule has 2 rings (SSSR count). The van der Waals surface area contributed by atoms with Gasteiger partial charge in [-0.05, 0) is 25.5 Å². The van der Waals surface area contributed by atoms with E-state index < -0.39 is 5.60 Å². The van der Waals surface area contributed by atoms with Crippen LogP contribution in [0.2, 0.25) is 0 Å². The highest BCUT2D eigenvalue weighted by Gasteiger charge is 2.34. The zero-order valence-electron chi connectivity index (χ0n) is 10.2. The summed E-state index contributed by atoms with van der Waals surface area (Å²) in [6.45, 7) is 2.71. The third-order valence-electron chi connectivity index (χ3n) is 3.16. The number of β-amino-alcohol motifs (C(OH)–C–C–N with tert-alkyl or cyclic N) is 1. The van der Waals surface area contributed by atoms with Crippen molar-refractivity contribution in [1.29, 1.82) is 0 Å². The highest BCUT2D eigenvalue weighted by molar-refractivity contribution is 7.80. The Labute approximate surface area is 111 Å². The largest absolute Gasteiger partial charge is 0.389 e. The maximum absolute atomic E-state index is 12.2. The van der Waals surface area contributed by atoms with E-state index in [0.717, 1.165) is 5.56 Å². The van der Waals surface area contributed by atoms with Crippen molar-refractivity contribution < 1.29 is 9.90 Å². The van der Waals surface area contributed by atoms with E-state index in [-0.39, 0.29) is 5.91 Å². The van der Waals surface area contributed by atoms with Gasteiger partial charge >= 0.3 is 0 Å². The summed E-state index contributed by atoms with van der Waals surface area (Å²) < 4.78 is 0. The van der Waals surface area contributed by atoms with Crippen LogP contribution in [0.4, 0.5) is 0 Å². The average molecular weight is 264 g/mol. The number of carbonyl (C=O) groups excluding carboxylic acids is 1. The molecule has 1 aromatic carbocycles. The van der Waals surface area contributed by atoms with Crippen molar-refractivity contribution in [3.8, 4) is 0 Å². The number of hydrogen-bond donors (Lipinski definition) is 2. The maximum atomic E-state index is 12.2. The molecule has 5 heteroatoms. The molecule has 0 spiro atoms. The Morgan fingerprint density at radius 1 is 1.39 bits per heavy atom. The third kappa shape index (κ3) is 2.68. The Morgan fingerprint density at radius 3 is 2.39 bits per heavy atom. The van der Waals surface area contributed by atoms with Gasteiger partial charge < -0.3 is 15.7 Å². The molecule has 1 aliphatic heterocycles. The second-order valence-corrected chi connectivity index (χ2v) is 5.36. The van der Waals surface area contributed by atoms with Gasteiger partial charge in [-0.1, -0.05) is 24.4 Å². The topological polar surface area (TPSA) is 66.6 Å². The molecule has 96 valence electrons. The predicted octanol–water partition coefficient (Wildman–Crippen LogP) is 0.918. The van der Waals surface area contributed by atoms with E-state index in [0.29, 0.717) is 30.1 Å². The van der Waals surface area contributed by atoms with E-state index in [4.69, 9.17) is 18.0 Å². The molecule has 0 aromatic heterocycles. The van der Waals surface area contributed by atoms with Gasteiger partial charge in [0.1, 0.15) is 4.99 Å². The van der Waals surface area contributed by atoms with Crippen molar-refractivity contribution >= 4 is 23.1 Å². The molecule has 1 aromatic rings. The van der Waals surface area contributed by atoms with Crippen LogP contribution in [-0.4, -0.2) is 39.6 Å².